The van der Waals surface area contributed by atoms with E-state index in [1.54, 1.807) is 0 Å². The van der Waals surface area contributed by atoms with E-state index in [9.17, 15) is 0 Å². The molecule has 2 heteroatoms. The Kier molecular flexibility index (Phi) is 1.96. The van der Waals surface area contributed by atoms with Gasteiger partial charge in [0, 0.05) is 19.8 Å². The van der Waals surface area contributed by atoms with Gasteiger partial charge in [0.05, 0.1) is 6.10 Å². The Morgan fingerprint density at radius 1 is 1.50 bits per heavy atom. The zero-order valence-electron chi connectivity index (χ0n) is 6.30. The Morgan fingerprint density at radius 3 is 2.40 bits per heavy atom. The highest BCUT2D eigenvalue weighted by atomic mass is 16.3. The van der Waals surface area contributed by atoms with Gasteiger partial charge in [-0.05, 0) is 12.8 Å². The summed E-state index contributed by atoms with van der Waals surface area (Å²) in [7, 11) is 0. The second-order valence-electron chi connectivity index (χ2n) is 3.34. The van der Waals surface area contributed by atoms with Crippen LogP contribution in [-0.4, -0.2) is 16.7 Å². The van der Waals surface area contributed by atoms with Crippen molar-refractivity contribution in [3.05, 3.63) is 11.4 Å². The molecule has 0 heterocycles. The van der Waals surface area contributed by atoms with Crippen LogP contribution in [0.1, 0.15) is 32.6 Å². The molecule has 0 radical (unpaired) electrons. The van der Waals surface area contributed by atoms with Crippen LogP contribution < -0.4 is 0 Å². The third kappa shape index (κ3) is 1.48. The average molecular weight is 139 g/mol. The SMILES string of the molecule is [C-]#[N+]C1(C)CCC(O)CC1. The van der Waals surface area contributed by atoms with Gasteiger partial charge in [-0.1, -0.05) is 0 Å². The first-order valence-corrected chi connectivity index (χ1v) is 3.73. The summed E-state index contributed by atoms with van der Waals surface area (Å²) < 4.78 is 0. The standard InChI is InChI=1S/C8H13NO/c1-8(9-2)5-3-7(10)4-6-8/h7,10H,3-6H2,1H3. The van der Waals surface area contributed by atoms with Crippen LogP contribution in [0, 0.1) is 6.57 Å². The molecule has 0 aromatic carbocycles. The van der Waals surface area contributed by atoms with E-state index in [2.05, 4.69) is 4.85 Å². The van der Waals surface area contributed by atoms with Crippen molar-refractivity contribution in [3.8, 4) is 0 Å². The second kappa shape index (κ2) is 2.59. The fourth-order valence-corrected chi connectivity index (χ4v) is 1.34. The summed E-state index contributed by atoms with van der Waals surface area (Å²) in [6.07, 6.45) is 3.18. The maximum atomic E-state index is 9.13. The maximum absolute atomic E-state index is 9.13. The van der Waals surface area contributed by atoms with Crippen LogP contribution in [0.5, 0.6) is 0 Å². The van der Waals surface area contributed by atoms with Crippen molar-refractivity contribution in [1.82, 2.24) is 0 Å². The van der Waals surface area contributed by atoms with E-state index < -0.39 is 0 Å². The fraction of sp³-hybridized carbons (Fsp3) is 0.875. The molecule has 1 rings (SSSR count). The number of aliphatic hydroxyl groups excluding tert-OH is 1. The number of aliphatic hydroxyl groups is 1. The van der Waals surface area contributed by atoms with Crippen LogP contribution in [0.3, 0.4) is 0 Å². The molecule has 0 spiro atoms. The van der Waals surface area contributed by atoms with E-state index in [4.69, 9.17) is 11.7 Å². The lowest BCUT2D eigenvalue weighted by molar-refractivity contribution is 0.111. The number of hydrogen-bond acceptors (Lipinski definition) is 1. The van der Waals surface area contributed by atoms with Gasteiger partial charge in [-0.2, -0.15) is 0 Å². The fourth-order valence-electron chi connectivity index (χ4n) is 1.34. The summed E-state index contributed by atoms with van der Waals surface area (Å²) in [6, 6.07) is 0. The lowest BCUT2D eigenvalue weighted by Crippen LogP contribution is -2.29. The molecule has 0 atom stereocenters. The van der Waals surface area contributed by atoms with Gasteiger partial charge in [-0.25, -0.2) is 6.57 Å². The Labute approximate surface area is 61.7 Å². The van der Waals surface area contributed by atoms with Gasteiger partial charge >= 0.3 is 0 Å². The number of hydrogen-bond donors (Lipinski definition) is 1. The van der Waals surface area contributed by atoms with Crippen LogP contribution in [0.15, 0.2) is 0 Å². The number of nitrogens with zero attached hydrogens (tertiary/aromatic N) is 1. The Balaban J connectivity index is 2.48. The zero-order chi connectivity index (χ0) is 7.61. The van der Waals surface area contributed by atoms with E-state index in [0.29, 0.717) is 0 Å². The van der Waals surface area contributed by atoms with E-state index in [1.807, 2.05) is 6.92 Å². The predicted octanol–water partition coefficient (Wildman–Crippen LogP) is 1.60. The van der Waals surface area contributed by atoms with Crippen molar-refractivity contribution in [1.29, 1.82) is 0 Å². The minimum absolute atomic E-state index is 0.144. The molecular formula is C8H13NO. The first kappa shape index (κ1) is 7.56. The van der Waals surface area contributed by atoms with E-state index >= 15 is 0 Å². The van der Waals surface area contributed by atoms with Crippen LogP contribution in [0.2, 0.25) is 0 Å². The molecule has 1 saturated carbocycles. The minimum Gasteiger partial charge on any atom is -0.393 e. The van der Waals surface area contributed by atoms with Gasteiger partial charge in [0.1, 0.15) is 0 Å². The molecule has 0 aromatic heterocycles. The lowest BCUT2D eigenvalue weighted by atomic mass is 9.83. The molecule has 2 nitrogen and oxygen atoms in total. The average Bonchev–Trinajstić information content (AvgIpc) is 1.96. The molecule has 1 aliphatic carbocycles. The molecule has 1 N–H and O–H groups in total. The summed E-state index contributed by atoms with van der Waals surface area (Å²) >= 11 is 0. The first-order chi connectivity index (χ1) is 4.66. The molecule has 0 bridgehead atoms. The van der Waals surface area contributed by atoms with E-state index in [-0.39, 0.29) is 11.6 Å². The normalized spacial score (nSPS) is 40.7. The molecule has 1 aliphatic rings. The maximum Gasteiger partial charge on any atom is 0.230 e. The Hall–Kier alpha value is -0.550. The van der Waals surface area contributed by atoms with Crippen molar-refractivity contribution in [2.24, 2.45) is 0 Å². The quantitative estimate of drug-likeness (QED) is 0.506. The highest BCUT2D eigenvalue weighted by Gasteiger charge is 2.35. The van der Waals surface area contributed by atoms with Gasteiger partial charge in [0.25, 0.3) is 0 Å². The summed E-state index contributed by atoms with van der Waals surface area (Å²) in [5.41, 5.74) is -0.167. The van der Waals surface area contributed by atoms with Crippen LogP contribution in [0.25, 0.3) is 4.85 Å². The van der Waals surface area contributed by atoms with Gasteiger partial charge < -0.3 is 9.95 Å². The minimum atomic E-state index is -0.167. The molecule has 1 fully saturated rings. The van der Waals surface area contributed by atoms with Crippen LogP contribution in [-0.2, 0) is 0 Å². The lowest BCUT2D eigenvalue weighted by Gasteiger charge is -2.25. The highest BCUT2D eigenvalue weighted by molar-refractivity contribution is 4.97. The number of rotatable bonds is 0. The van der Waals surface area contributed by atoms with Crippen molar-refractivity contribution >= 4 is 0 Å². The predicted molar refractivity (Wildman–Crippen MR) is 39.5 cm³/mol. The smallest absolute Gasteiger partial charge is 0.230 e. The summed E-state index contributed by atoms with van der Waals surface area (Å²) in [6.45, 7) is 8.88. The zero-order valence-corrected chi connectivity index (χ0v) is 6.30. The third-order valence-corrected chi connectivity index (χ3v) is 2.30. The van der Waals surface area contributed by atoms with Crippen molar-refractivity contribution in [2.45, 2.75) is 44.2 Å². The van der Waals surface area contributed by atoms with Gasteiger partial charge in [-0.3, -0.25) is 0 Å². The molecular weight excluding hydrogens is 126 g/mol. The van der Waals surface area contributed by atoms with Crippen molar-refractivity contribution in [3.63, 3.8) is 0 Å². The third-order valence-electron chi connectivity index (χ3n) is 2.30. The second-order valence-corrected chi connectivity index (χ2v) is 3.34. The summed E-state index contributed by atoms with van der Waals surface area (Å²) in [5, 5.41) is 9.13. The van der Waals surface area contributed by atoms with Crippen molar-refractivity contribution < 1.29 is 5.11 Å². The molecule has 0 unspecified atom stereocenters. The van der Waals surface area contributed by atoms with Crippen LogP contribution in [0.4, 0.5) is 0 Å². The summed E-state index contributed by atoms with van der Waals surface area (Å²) in [5.74, 6) is 0. The molecule has 0 amide bonds. The highest BCUT2D eigenvalue weighted by Crippen LogP contribution is 2.30. The monoisotopic (exact) mass is 139 g/mol. The molecule has 0 saturated heterocycles. The summed E-state index contributed by atoms with van der Waals surface area (Å²) in [4.78, 5) is 3.55. The van der Waals surface area contributed by atoms with Crippen LogP contribution >= 0.6 is 0 Å². The van der Waals surface area contributed by atoms with Gasteiger partial charge in [-0.15, -0.1) is 0 Å². The molecule has 0 aliphatic heterocycles. The van der Waals surface area contributed by atoms with Crippen molar-refractivity contribution in [2.75, 3.05) is 0 Å². The molecule has 10 heavy (non-hydrogen) atoms. The van der Waals surface area contributed by atoms with E-state index in [0.717, 1.165) is 25.7 Å². The molecule has 56 valence electrons. The largest absolute Gasteiger partial charge is 0.393 e. The van der Waals surface area contributed by atoms with Gasteiger partial charge in [0.15, 0.2) is 0 Å². The Bertz CT molecular complexity index is 151. The Morgan fingerprint density at radius 2 is 2.00 bits per heavy atom. The van der Waals surface area contributed by atoms with E-state index in [1.165, 1.54) is 0 Å². The topological polar surface area (TPSA) is 24.6 Å². The first-order valence-electron chi connectivity index (χ1n) is 3.73. The molecule has 0 aromatic rings. The van der Waals surface area contributed by atoms with Gasteiger partial charge in [0.2, 0.25) is 5.54 Å².